The number of hydrogen-bond acceptors (Lipinski definition) is 5. The van der Waals surface area contributed by atoms with Gasteiger partial charge in [-0.2, -0.15) is 0 Å². The predicted molar refractivity (Wildman–Crippen MR) is 128 cm³/mol. The number of halogens is 1. The number of aromatic nitrogens is 2. The molecule has 0 radical (unpaired) electrons. The summed E-state index contributed by atoms with van der Waals surface area (Å²) in [6, 6.07) is 14.2. The number of ether oxygens (including phenoxy) is 1. The van der Waals surface area contributed by atoms with Gasteiger partial charge in [-0.1, -0.05) is 40.2 Å². The molecule has 2 aromatic heterocycles. The van der Waals surface area contributed by atoms with Crippen molar-refractivity contribution in [3.63, 3.8) is 0 Å². The van der Waals surface area contributed by atoms with Crippen LogP contribution in [-0.2, 0) is 4.79 Å². The Morgan fingerprint density at radius 1 is 1.23 bits per heavy atom. The molecule has 2 heterocycles. The molecule has 0 aliphatic rings. The summed E-state index contributed by atoms with van der Waals surface area (Å²) < 4.78 is 7.90. The molecule has 0 saturated heterocycles. The average molecular weight is 498 g/mol. The molecule has 0 saturated carbocycles. The summed E-state index contributed by atoms with van der Waals surface area (Å²) in [6.45, 7) is 4.05. The first kappa shape index (κ1) is 21.3. The van der Waals surface area contributed by atoms with E-state index in [1.165, 1.54) is 22.2 Å². The van der Waals surface area contributed by atoms with Gasteiger partial charge in [-0.15, -0.1) is 11.3 Å². The Labute approximate surface area is 191 Å². The number of carbonyl (C=O) groups excluding carboxylic acids is 1. The number of thiophene rings is 1. The Balaban J connectivity index is 1.69. The third-order valence-electron chi connectivity index (χ3n) is 4.92. The van der Waals surface area contributed by atoms with Crippen LogP contribution in [0.15, 0.2) is 69.5 Å². The smallest absolute Gasteiger partial charge is 0.263 e. The Morgan fingerprint density at radius 3 is 2.71 bits per heavy atom. The van der Waals surface area contributed by atoms with E-state index >= 15 is 0 Å². The number of amides is 1. The zero-order chi connectivity index (χ0) is 22.0. The van der Waals surface area contributed by atoms with Crippen LogP contribution >= 0.6 is 27.3 Å². The zero-order valence-corrected chi connectivity index (χ0v) is 19.4. The summed E-state index contributed by atoms with van der Waals surface area (Å²) in [7, 11) is 0. The third-order valence-corrected chi connectivity index (χ3v) is 6.33. The first-order chi connectivity index (χ1) is 15.0. The molecule has 1 unspecified atom stereocenters. The highest BCUT2D eigenvalue weighted by molar-refractivity contribution is 9.10. The van der Waals surface area contributed by atoms with Crippen LogP contribution in [0.2, 0.25) is 0 Å². The molecule has 1 amide bonds. The molecule has 158 valence electrons. The highest BCUT2D eigenvalue weighted by Crippen LogP contribution is 2.31. The molecule has 1 atom stereocenters. The first-order valence-electron chi connectivity index (χ1n) is 9.76. The molecule has 0 aliphatic heterocycles. The molecule has 4 rings (SSSR count). The lowest BCUT2D eigenvalue weighted by atomic mass is 10.1. The second-order valence-corrected chi connectivity index (χ2v) is 8.66. The van der Waals surface area contributed by atoms with Crippen LogP contribution in [0.5, 0.6) is 5.75 Å². The molecule has 0 fully saturated rings. The molecular formula is C23H20BrN3O3S. The first-order valence-corrected chi connectivity index (χ1v) is 11.4. The van der Waals surface area contributed by atoms with Gasteiger partial charge < -0.3 is 10.1 Å². The monoisotopic (exact) mass is 497 g/mol. The highest BCUT2D eigenvalue weighted by Gasteiger charge is 2.21. The van der Waals surface area contributed by atoms with Crippen molar-refractivity contribution in [2.75, 3.05) is 11.9 Å². The summed E-state index contributed by atoms with van der Waals surface area (Å²) >= 11 is 4.85. The van der Waals surface area contributed by atoms with E-state index in [0.717, 1.165) is 15.6 Å². The van der Waals surface area contributed by atoms with Gasteiger partial charge in [-0.25, -0.2) is 4.98 Å². The minimum Gasteiger partial charge on any atom is -0.492 e. The molecule has 0 aliphatic carbocycles. The van der Waals surface area contributed by atoms with Gasteiger partial charge in [-0.3, -0.25) is 14.2 Å². The third kappa shape index (κ3) is 4.26. The Kier molecular flexibility index (Phi) is 6.20. The van der Waals surface area contributed by atoms with Gasteiger partial charge in [0.15, 0.2) is 0 Å². The summed E-state index contributed by atoms with van der Waals surface area (Å²) in [6.07, 6.45) is 1.44. The van der Waals surface area contributed by atoms with Gasteiger partial charge >= 0.3 is 0 Å². The van der Waals surface area contributed by atoms with Crippen LogP contribution in [0.4, 0.5) is 5.69 Å². The lowest BCUT2D eigenvalue weighted by Gasteiger charge is -2.17. The van der Waals surface area contributed by atoms with E-state index in [0.29, 0.717) is 28.3 Å². The van der Waals surface area contributed by atoms with Crippen molar-refractivity contribution in [2.45, 2.75) is 19.9 Å². The van der Waals surface area contributed by atoms with Gasteiger partial charge in [0.2, 0.25) is 5.91 Å². The maximum atomic E-state index is 13.3. The number of hydrogen-bond donors (Lipinski definition) is 1. The van der Waals surface area contributed by atoms with Gasteiger partial charge in [0, 0.05) is 15.4 Å². The number of carbonyl (C=O) groups is 1. The summed E-state index contributed by atoms with van der Waals surface area (Å²) in [4.78, 5) is 31.3. The SMILES string of the molecule is CCOc1ccccc1NC(=O)C(C)n1cnc2scc(-c3ccc(Br)cc3)c2c1=O. The average Bonchev–Trinajstić information content (AvgIpc) is 3.21. The molecule has 31 heavy (non-hydrogen) atoms. The number of para-hydroxylation sites is 2. The molecule has 4 aromatic rings. The number of nitrogens with one attached hydrogen (secondary N) is 1. The predicted octanol–water partition coefficient (Wildman–Crippen LogP) is 5.49. The van der Waals surface area contributed by atoms with E-state index in [1.54, 1.807) is 19.1 Å². The van der Waals surface area contributed by atoms with Crippen LogP contribution in [0.3, 0.4) is 0 Å². The van der Waals surface area contributed by atoms with Gasteiger partial charge in [-0.05, 0) is 43.7 Å². The molecule has 6 nitrogen and oxygen atoms in total. The number of nitrogens with zero attached hydrogens (tertiary/aromatic N) is 2. The Morgan fingerprint density at radius 2 is 1.97 bits per heavy atom. The molecule has 1 N–H and O–H groups in total. The molecule has 8 heteroatoms. The Bertz CT molecular complexity index is 1300. The maximum Gasteiger partial charge on any atom is 0.263 e. The van der Waals surface area contributed by atoms with Crippen LogP contribution in [0.25, 0.3) is 21.3 Å². The second kappa shape index (κ2) is 9.03. The van der Waals surface area contributed by atoms with Crippen molar-refractivity contribution in [1.82, 2.24) is 9.55 Å². The van der Waals surface area contributed by atoms with Crippen LogP contribution in [0, 0.1) is 0 Å². The number of rotatable bonds is 6. The van der Waals surface area contributed by atoms with E-state index in [1.807, 2.05) is 48.7 Å². The van der Waals surface area contributed by atoms with Crippen LogP contribution in [0.1, 0.15) is 19.9 Å². The topological polar surface area (TPSA) is 73.2 Å². The maximum absolute atomic E-state index is 13.3. The number of benzene rings is 2. The van der Waals surface area contributed by atoms with Gasteiger partial charge in [0.25, 0.3) is 5.56 Å². The van der Waals surface area contributed by atoms with E-state index in [4.69, 9.17) is 4.74 Å². The standard InChI is InChI=1S/C23H20BrN3O3S/c1-3-30-19-7-5-4-6-18(19)26-21(28)14(2)27-13-25-22-20(23(27)29)17(12-31-22)15-8-10-16(24)11-9-15/h4-14H,3H2,1-2H3,(H,26,28). The molecular weight excluding hydrogens is 478 g/mol. The van der Waals surface area contributed by atoms with Crippen molar-refractivity contribution >= 4 is 49.1 Å². The minimum atomic E-state index is -0.753. The Hall–Kier alpha value is -2.97. The van der Waals surface area contributed by atoms with Crippen LogP contribution in [-0.4, -0.2) is 22.1 Å². The van der Waals surface area contributed by atoms with Crippen molar-refractivity contribution < 1.29 is 9.53 Å². The number of fused-ring (bicyclic) bond motifs is 1. The van der Waals surface area contributed by atoms with Gasteiger partial charge in [0.1, 0.15) is 16.6 Å². The molecule has 0 spiro atoms. The fourth-order valence-electron chi connectivity index (χ4n) is 3.28. The normalized spacial score (nSPS) is 12.0. The van der Waals surface area contributed by atoms with Crippen molar-refractivity contribution in [1.29, 1.82) is 0 Å². The summed E-state index contributed by atoms with van der Waals surface area (Å²) in [5.41, 5.74) is 2.06. The van der Waals surface area contributed by atoms with Crippen molar-refractivity contribution in [3.05, 3.63) is 75.1 Å². The number of anilines is 1. The zero-order valence-electron chi connectivity index (χ0n) is 17.0. The summed E-state index contributed by atoms with van der Waals surface area (Å²) in [5.74, 6) is 0.262. The van der Waals surface area contributed by atoms with E-state index in [-0.39, 0.29) is 11.5 Å². The minimum absolute atomic E-state index is 0.245. The highest BCUT2D eigenvalue weighted by atomic mass is 79.9. The van der Waals surface area contributed by atoms with Crippen molar-refractivity contribution in [2.24, 2.45) is 0 Å². The largest absolute Gasteiger partial charge is 0.492 e. The summed E-state index contributed by atoms with van der Waals surface area (Å²) in [5, 5.41) is 5.31. The van der Waals surface area contributed by atoms with E-state index < -0.39 is 6.04 Å². The molecule has 0 bridgehead atoms. The molecule has 2 aromatic carbocycles. The fraction of sp³-hybridized carbons (Fsp3) is 0.174. The van der Waals surface area contributed by atoms with E-state index in [9.17, 15) is 9.59 Å². The lowest BCUT2D eigenvalue weighted by Crippen LogP contribution is -2.31. The quantitative estimate of drug-likeness (QED) is 0.382. The van der Waals surface area contributed by atoms with Gasteiger partial charge in [0.05, 0.1) is 24.0 Å². The van der Waals surface area contributed by atoms with Crippen LogP contribution < -0.4 is 15.6 Å². The van der Waals surface area contributed by atoms with E-state index in [2.05, 4.69) is 26.2 Å². The van der Waals surface area contributed by atoms with Crippen molar-refractivity contribution in [3.8, 4) is 16.9 Å². The second-order valence-electron chi connectivity index (χ2n) is 6.89. The fourth-order valence-corrected chi connectivity index (χ4v) is 4.45. The lowest BCUT2D eigenvalue weighted by molar-refractivity contribution is -0.118.